The standard InChI is InChI=1S/C13H14N2O2/c1-17-12-3-2-11-13-8(6-14-11)4-9(15-7-16)5-10(12)13/h2-3,6-7,9,14H,4-5H2,1H3,(H,15,16). The van der Waals surface area contributed by atoms with E-state index >= 15 is 0 Å². The molecule has 0 spiro atoms. The van der Waals surface area contributed by atoms with E-state index in [1.54, 1.807) is 7.11 Å². The van der Waals surface area contributed by atoms with E-state index in [2.05, 4.69) is 10.3 Å². The van der Waals surface area contributed by atoms with Gasteiger partial charge in [0.15, 0.2) is 0 Å². The van der Waals surface area contributed by atoms with Crippen LogP contribution in [0.25, 0.3) is 10.9 Å². The largest absolute Gasteiger partial charge is 0.496 e. The first-order valence-corrected chi connectivity index (χ1v) is 5.69. The van der Waals surface area contributed by atoms with Crippen molar-refractivity contribution in [3.63, 3.8) is 0 Å². The van der Waals surface area contributed by atoms with Crippen LogP contribution < -0.4 is 10.1 Å². The van der Waals surface area contributed by atoms with Gasteiger partial charge in [-0.1, -0.05) is 0 Å². The van der Waals surface area contributed by atoms with Crippen molar-refractivity contribution < 1.29 is 9.53 Å². The van der Waals surface area contributed by atoms with E-state index in [-0.39, 0.29) is 6.04 Å². The number of ether oxygens (including phenoxy) is 1. The summed E-state index contributed by atoms with van der Waals surface area (Å²) in [6.07, 6.45) is 4.49. The summed E-state index contributed by atoms with van der Waals surface area (Å²) in [6, 6.07) is 4.17. The number of rotatable bonds is 3. The predicted octanol–water partition coefficient (Wildman–Crippen LogP) is 1.39. The van der Waals surface area contributed by atoms with E-state index in [1.165, 1.54) is 16.5 Å². The van der Waals surface area contributed by atoms with Crippen molar-refractivity contribution in [3.05, 3.63) is 29.5 Å². The topological polar surface area (TPSA) is 54.1 Å². The summed E-state index contributed by atoms with van der Waals surface area (Å²) in [4.78, 5) is 13.8. The number of hydrogen-bond acceptors (Lipinski definition) is 2. The van der Waals surface area contributed by atoms with Gasteiger partial charge in [-0.3, -0.25) is 4.79 Å². The average Bonchev–Trinajstić information content (AvgIpc) is 2.75. The molecule has 0 saturated heterocycles. The Morgan fingerprint density at radius 3 is 3.12 bits per heavy atom. The van der Waals surface area contributed by atoms with E-state index in [4.69, 9.17) is 4.74 Å². The van der Waals surface area contributed by atoms with Gasteiger partial charge in [-0.15, -0.1) is 0 Å². The molecule has 0 fully saturated rings. The first-order valence-electron chi connectivity index (χ1n) is 5.69. The van der Waals surface area contributed by atoms with Crippen LogP contribution in [0.2, 0.25) is 0 Å². The van der Waals surface area contributed by atoms with Crippen molar-refractivity contribution in [2.45, 2.75) is 18.9 Å². The molecule has 1 atom stereocenters. The molecule has 1 unspecified atom stereocenters. The molecule has 1 aliphatic carbocycles. The lowest BCUT2D eigenvalue weighted by molar-refractivity contribution is -0.110. The van der Waals surface area contributed by atoms with Crippen LogP contribution in [-0.4, -0.2) is 24.5 Å². The van der Waals surface area contributed by atoms with Gasteiger partial charge < -0.3 is 15.0 Å². The summed E-state index contributed by atoms with van der Waals surface area (Å²) in [5, 5.41) is 4.12. The second kappa shape index (κ2) is 3.80. The number of H-pyrrole nitrogens is 1. The van der Waals surface area contributed by atoms with Gasteiger partial charge in [0.25, 0.3) is 0 Å². The Hall–Kier alpha value is -1.97. The number of amides is 1. The normalized spacial score (nSPS) is 18.1. The second-order valence-electron chi connectivity index (χ2n) is 4.37. The first-order chi connectivity index (χ1) is 8.33. The zero-order chi connectivity index (χ0) is 11.8. The van der Waals surface area contributed by atoms with Crippen molar-refractivity contribution in [1.82, 2.24) is 10.3 Å². The van der Waals surface area contributed by atoms with Crippen molar-refractivity contribution in [3.8, 4) is 5.75 Å². The fraction of sp³-hybridized carbons (Fsp3) is 0.308. The summed E-state index contributed by atoms with van der Waals surface area (Å²) in [7, 11) is 1.68. The number of aromatic amines is 1. The lowest BCUT2D eigenvalue weighted by Crippen LogP contribution is -2.34. The Morgan fingerprint density at radius 2 is 2.35 bits per heavy atom. The van der Waals surface area contributed by atoms with Crippen molar-refractivity contribution >= 4 is 17.3 Å². The SMILES string of the molecule is COc1ccc2[nH]cc3c2c1CC(NC=O)C3. The molecule has 1 aromatic carbocycles. The predicted molar refractivity (Wildman–Crippen MR) is 65.2 cm³/mol. The van der Waals surface area contributed by atoms with E-state index < -0.39 is 0 Å². The number of carbonyl (C=O) groups is 1. The summed E-state index contributed by atoms with van der Waals surface area (Å²) < 4.78 is 5.40. The maximum Gasteiger partial charge on any atom is 0.207 e. The second-order valence-corrected chi connectivity index (χ2v) is 4.37. The molecule has 1 heterocycles. The molecule has 88 valence electrons. The zero-order valence-electron chi connectivity index (χ0n) is 9.62. The van der Waals surface area contributed by atoms with E-state index in [9.17, 15) is 4.79 Å². The van der Waals surface area contributed by atoms with Crippen LogP contribution in [0.4, 0.5) is 0 Å². The highest BCUT2D eigenvalue weighted by atomic mass is 16.5. The molecule has 4 heteroatoms. The molecule has 0 aliphatic heterocycles. The maximum absolute atomic E-state index is 10.6. The molecule has 1 aliphatic rings. The summed E-state index contributed by atoms with van der Waals surface area (Å²) in [5.41, 5.74) is 3.58. The molecule has 17 heavy (non-hydrogen) atoms. The molecule has 2 N–H and O–H groups in total. The third-order valence-corrected chi connectivity index (χ3v) is 3.43. The summed E-state index contributed by atoms with van der Waals surface area (Å²) in [6.45, 7) is 0. The van der Waals surface area contributed by atoms with E-state index in [1.807, 2.05) is 18.3 Å². The van der Waals surface area contributed by atoms with Gasteiger partial charge in [0.1, 0.15) is 5.75 Å². The van der Waals surface area contributed by atoms with Gasteiger partial charge in [-0.05, 0) is 30.5 Å². The monoisotopic (exact) mass is 230 g/mol. The summed E-state index contributed by atoms with van der Waals surface area (Å²) >= 11 is 0. The van der Waals surface area contributed by atoms with Crippen molar-refractivity contribution in [1.29, 1.82) is 0 Å². The van der Waals surface area contributed by atoms with Crippen LogP contribution in [0.5, 0.6) is 5.75 Å². The number of aromatic nitrogens is 1. The molecule has 1 aromatic heterocycles. The van der Waals surface area contributed by atoms with Crippen LogP contribution in [0.1, 0.15) is 11.1 Å². The van der Waals surface area contributed by atoms with Crippen molar-refractivity contribution in [2.75, 3.05) is 7.11 Å². The first kappa shape index (κ1) is 10.2. The molecule has 1 amide bonds. The maximum atomic E-state index is 10.6. The van der Waals surface area contributed by atoms with Crippen LogP contribution in [0.3, 0.4) is 0 Å². The lowest BCUT2D eigenvalue weighted by atomic mass is 9.89. The van der Waals surface area contributed by atoms with Gasteiger partial charge in [-0.2, -0.15) is 0 Å². The molecule has 0 bridgehead atoms. The Morgan fingerprint density at radius 1 is 1.47 bits per heavy atom. The Balaban J connectivity index is 2.16. The third kappa shape index (κ3) is 1.48. The molecule has 0 saturated carbocycles. The van der Waals surface area contributed by atoms with Gasteiger partial charge in [0.2, 0.25) is 6.41 Å². The molecule has 4 nitrogen and oxygen atoms in total. The highest BCUT2D eigenvalue weighted by molar-refractivity contribution is 5.89. The third-order valence-electron chi connectivity index (χ3n) is 3.43. The zero-order valence-corrected chi connectivity index (χ0v) is 9.62. The minimum Gasteiger partial charge on any atom is -0.496 e. The van der Waals surface area contributed by atoms with E-state index in [0.29, 0.717) is 0 Å². The Kier molecular flexibility index (Phi) is 2.28. The van der Waals surface area contributed by atoms with Crippen LogP contribution in [0, 0.1) is 0 Å². The minimum absolute atomic E-state index is 0.162. The Bertz CT molecular complexity index is 574. The quantitative estimate of drug-likeness (QED) is 0.783. The number of benzene rings is 1. The van der Waals surface area contributed by atoms with Gasteiger partial charge in [-0.25, -0.2) is 0 Å². The van der Waals surface area contributed by atoms with Crippen LogP contribution >= 0.6 is 0 Å². The van der Waals surface area contributed by atoms with Gasteiger partial charge in [0.05, 0.1) is 7.11 Å². The Labute approximate surface area is 99.0 Å². The van der Waals surface area contributed by atoms with Crippen LogP contribution in [0.15, 0.2) is 18.3 Å². The van der Waals surface area contributed by atoms with E-state index in [0.717, 1.165) is 30.5 Å². The number of nitrogens with one attached hydrogen (secondary N) is 2. The summed E-state index contributed by atoms with van der Waals surface area (Å²) in [5.74, 6) is 0.899. The number of hydrogen-bond donors (Lipinski definition) is 2. The fourth-order valence-corrected chi connectivity index (χ4v) is 2.71. The van der Waals surface area contributed by atoms with Gasteiger partial charge >= 0.3 is 0 Å². The minimum atomic E-state index is 0.162. The number of carbonyl (C=O) groups excluding carboxylic acids is 1. The lowest BCUT2D eigenvalue weighted by Gasteiger charge is -2.23. The average molecular weight is 230 g/mol. The highest BCUT2D eigenvalue weighted by Crippen LogP contribution is 2.35. The van der Waals surface area contributed by atoms with Crippen molar-refractivity contribution in [2.24, 2.45) is 0 Å². The van der Waals surface area contributed by atoms with Crippen LogP contribution in [-0.2, 0) is 17.6 Å². The highest BCUT2D eigenvalue weighted by Gasteiger charge is 2.24. The van der Waals surface area contributed by atoms with Gasteiger partial charge in [0, 0.05) is 28.7 Å². The smallest absolute Gasteiger partial charge is 0.207 e. The molecule has 2 aromatic rings. The number of methoxy groups -OCH3 is 1. The molecular weight excluding hydrogens is 216 g/mol. The molecule has 3 rings (SSSR count). The molecule has 0 radical (unpaired) electrons. The fourth-order valence-electron chi connectivity index (χ4n) is 2.71. The molecular formula is C13H14N2O2.